The zero-order chi connectivity index (χ0) is 45.3. The van der Waals surface area contributed by atoms with Gasteiger partial charge in [0.1, 0.15) is 36.3 Å². The number of benzene rings is 1. The number of thioether (sulfide) groups is 1. The average Bonchev–Trinajstić information content (AvgIpc) is 3.74. The Kier molecular flexibility index (Phi) is 17.2. The van der Waals surface area contributed by atoms with E-state index in [1.54, 1.807) is 24.3 Å². The lowest BCUT2D eigenvalue weighted by Crippen LogP contribution is -2.46. The highest BCUT2D eigenvalue weighted by atomic mass is 32.2. The number of rotatable bonds is 21. The Labute approximate surface area is 349 Å². The SMILES string of the molecule is CC(C)(COP(=O)(O)OP(=O)(O)OCC1OC(n2cnc3c(N)ncnc32)C(O)C1OP(=O)(O)O)C(O)C(=O)NCCC(=O)NCCSC(=O)C(=O)Nc1ccc(CN)cc1. The van der Waals surface area contributed by atoms with E-state index in [1.165, 1.54) is 13.8 Å². The number of nitrogens with zero attached hydrogens (tertiary/aromatic N) is 4. The minimum absolute atomic E-state index is 0.00357. The second kappa shape index (κ2) is 21.1. The zero-order valence-electron chi connectivity index (χ0n) is 32.1. The summed E-state index contributed by atoms with van der Waals surface area (Å²) in [4.78, 5) is 100.0. The third-order valence-electron chi connectivity index (χ3n) is 8.37. The Bertz CT molecular complexity index is 2200. The van der Waals surface area contributed by atoms with Gasteiger partial charge in [0.2, 0.25) is 11.8 Å². The van der Waals surface area contributed by atoms with E-state index >= 15 is 0 Å². The number of nitrogens with two attached hydrogens (primary N) is 2. The number of amides is 3. The van der Waals surface area contributed by atoms with Crippen molar-refractivity contribution in [1.29, 1.82) is 0 Å². The molecule has 0 spiro atoms. The van der Waals surface area contributed by atoms with Gasteiger partial charge in [0.15, 0.2) is 17.7 Å². The summed E-state index contributed by atoms with van der Waals surface area (Å²) >= 11 is 0.673. The number of phosphoric acid groups is 3. The van der Waals surface area contributed by atoms with Crippen LogP contribution >= 0.6 is 35.2 Å². The molecule has 0 saturated carbocycles. The summed E-state index contributed by atoms with van der Waals surface area (Å²) < 4.78 is 62.1. The maximum Gasteiger partial charge on any atom is 0.481 e. The molecule has 31 heteroatoms. The molecule has 3 heterocycles. The highest BCUT2D eigenvalue weighted by Gasteiger charge is 2.50. The highest BCUT2D eigenvalue weighted by molar-refractivity contribution is 8.15. The van der Waals surface area contributed by atoms with Gasteiger partial charge >= 0.3 is 29.4 Å². The van der Waals surface area contributed by atoms with Crippen LogP contribution in [0.5, 0.6) is 0 Å². The molecule has 1 aliphatic rings. The summed E-state index contributed by atoms with van der Waals surface area (Å²) in [5, 5.41) is 27.9. The van der Waals surface area contributed by atoms with Gasteiger partial charge in [-0.15, -0.1) is 0 Å². The monoisotopic (exact) mass is 943 g/mol. The Morgan fingerprint density at radius 1 is 1.00 bits per heavy atom. The Hall–Kier alpha value is -3.79. The molecular weight excluding hydrogens is 899 g/mol. The van der Waals surface area contributed by atoms with Crippen LogP contribution in [0.1, 0.15) is 32.1 Å². The normalized spacial score (nSPS) is 20.7. The minimum atomic E-state index is -5.60. The van der Waals surface area contributed by atoms with Gasteiger partial charge in [0, 0.05) is 42.9 Å². The standard InChI is InChI=1S/C30H44N9O18P3S/c1-30(2,23(42)26(43)34-8-7-19(40)33-9-10-61-29(45)27(44)38-17-5-3-16(11-31)4-6-17)13-54-60(51,52)57-59(49,50)53-12-18-22(56-58(46,47)48)21(41)28(55-18)39-15-37-20-24(32)35-14-36-25(20)39/h3-6,14-15,18,21-23,28,41-42H,7-13,31H2,1-2H3,(H,33,40)(H,34,43)(H,38,44)(H,49,50)(H,51,52)(H2,32,35,36)(H2,46,47,48). The molecule has 1 aliphatic heterocycles. The second-order valence-corrected chi connectivity index (χ2v) is 18.9. The van der Waals surface area contributed by atoms with Crippen LogP contribution in [-0.4, -0.2) is 129 Å². The molecule has 0 radical (unpaired) electrons. The molecule has 2 aromatic heterocycles. The van der Waals surface area contributed by atoms with Gasteiger partial charge in [-0.05, 0) is 17.7 Å². The van der Waals surface area contributed by atoms with Crippen molar-refractivity contribution in [2.45, 2.75) is 57.5 Å². The minimum Gasteiger partial charge on any atom is -0.386 e. The number of anilines is 2. The molecule has 1 fully saturated rings. The molecule has 7 atom stereocenters. The van der Waals surface area contributed by atoms with Crippen LogP contribution in [0.15, 0.2) is 36.9 Å². The van der Waals surface area contributed by atoms with Crippen LogP contribution in [0, 0.1) is 5.41 Å². The summed E-state index contributed by atoms with van der Waals surface area (Å²) in [5.74, 6) is -2.42. The molecule has 3 amide bonds. The van der Waals surface area contributed by atoms with Crippen LogP contribution in [0.3, 0.4) is 0 Å². The van der Waals surface area contributed by atoms with Crippen molar-refractivity contribution in [1.82, 2.24) is 30.2 Å². The fourth-order valence-electron chi connectivity index (χ4n) is 5.25. The van der Waals surface area contributed by atoms with E-state index < -0.39 is 95.6 Å². The van der Waals surface area contributed by atoms with Crippen molar-refractivity contribution in [2.75, 3.05) is 43.1 Å². The first-order valence-corrected chi connectivity index (χ1v) is 23.1. The average molecular weight is 944 g/mol. The van der Waals surface area contributed by atoms with Crippen LogP contribution in [0.2, 0.25) is 0 Å². The lowest BCUT2D eigenvalue weighted by Gasteiger charge is -2.30. The maximum atomic E-state index is 12.7. The third-order valence-corrected chi connectivity index (χ3v) is 12.3. The molecule has 0 aliphatic carbocycles. The summed E-state index contributed by atoms with van der Waals surface area (Å²) in [6, 6.07) is 6.58. The molecule has 3 aromatic rings. The molecule has 1 aromatic carbocycles. The fraction of sp³-hybridized carbons (Fsp3) is 0.500. The van der Waals surface area contributed by atoms with Crippen molar-refractivity contribution in [3.05, 3.63) is 42.5 Å². The molecule has 27 nitrogen and oxygen atoms in total. The number of aromatic nitrogens is 4. The first-order valence-electron chi connectivity index (χ1n) is 17.6. The van der Waals surface area contributed by atoms with Crippen molar-refractivity contribution in [2.24, 2.45) is 11.1 Å². The van der Waals surface area contributed by atoms with Gasteiger partial charge in [-0.2, -0.15) is 4.31 Å². The first kappa shape index (κ1) is 49.9. The summed E-state index contributed by atoms with van der Waals surface area (Å²) in [6.07, 6.45) is -7.14. The number of carbonyl (C=O) groups is 4. The van der Waals surface area contributed by atoms with E-state index in [1.807, 2.05) is 0 Å². The van der Waals surface area contributed by atoms with E-state index in [2.05, 4.69) is 39.7 Å². The predicted molar refractivity (Wildman–Crippen MR) is 210 cm³/mol. The topological polar surface area (TPSA) is 419 Å². The molecular formula is C30H44N9O18P3S. The van der Waals surface area contributed by atoms with Crippen LogP contribution in [0.4, 0.5) is 11.5 Å². The Morgan fingerprint density at radius 3 is 2.33 bits per heavy atom. The van der Waals surface area contributed by atoms with Crippen LogP contribution in [0.25, 0.3) is 11.2 Å². The van der Waals surface area contributed by atoms with Gasteiger partial charge in [-0.1, -0.05) is 37.7 Å². The fourth-order valence-corrected chi connectivity index (χ4v) is 8.65. The molecule has 0 bridgehead atoms. The van der Waals surface area contributed by atoms with Gasteiger partial charge in [0.05, 0.1) is 19.5 Å². The third kappa shape index (κ3) is 14.6. The lowest BCUT2D eigenvalue weighted by atomic mass is 9.87. The number of hydrogen-bond donors (Lipinski definition) is 11. The maximum absolute atomic E-state index is 12.7. The molecule has 7 unspecified atom stereocenters. The van der Waals surface area contributed by atoms with Gasteiger partial charge in [-0.3, -0.25) is 37.3 Å². The predicted octanol–water partition coefficient (Wildman–Crippen LogP) is -1.24. The largest absolute Gasteiger partial charge is 0.481 e. The number of aliphatic hydroxyl groups excluding tert-OH is 2. The van der Waals surface area contributed by atoms with E-state index in [4.69, 9.17) is 25.3 Å². The van der Waals surface area contributed by atoms with Crippen molar-refractivity contribution in [3.63, 3.8) is 0 Å². The Balaban J connectivity index is 1.19. The first-order chi connectivity index (χ1) is 28.4. The smallest absolute Gasteiger partial charge is 0.386 e. The number of carbonyl (C=O) groups excluding carboxylic acids is 4. The van der Waals surface area contributed by atoms with E-state index in [-0.39, 0.29) is 42.2 Å². The summed E-state index contributed by atoms with van der Waals surface area (Å²) in [5.41, 5.74) is 11.0. The molecule has 338 valence electrons. The number of ether oxygens (including phenoxy) is 1. The van der Waals surface area contributed by atoms with E-state index in [9.17, 15) is 62.7 Å². The number of phosphoric ester groups is 3. The van der Waals surface area contributed by atoms with Crippen LogP contribution < -0.4 is 27.4 Å². The van der Waals surface area contributed by atoms with Gasteiger partial charge in [-0.25, -0.2) is 28.6 Å². The van der Waals surface area contributed by atoms with Crippen molar-refractivity contribution >= 4 is 80.7 Å². The molecule has 4 rings (SSSR count). The van der Waals surface area contributed by atoms with E-state index in [0.717, 1.165) is 22.8 Å². The number of fused-ring (bicyclic) bond motifs is 1. The lowest BCUT2D eigenvalue weighted by molar-refractivity contribution is -0.137. The van der Waals surface area contributed by atoms with Crippen molar-refractivity contribution < 1.29 is 85.3 Å². The Morgan fingerprint density at radius 2 is 1.67 bits per heavy atom. The summed E-state index contributed by atoms with van der Waals surface area (Å²) in [7, 11) is -16.5. The quantitative estimate of drug-likeness (QED) is 0.0338. The van der Waals surface area contributed by atoms with Gasteiger partial charge < -0.3 is 61.9 Å². The molecule has 13 N–H and O–H groups in total. The number of imidazole rings is 1. The van der Waals surface area contributed by atoms with Gasteiger partial charge in [0.25, 0.3) is 5.12 Å². The molecule has 61 heavy (non-hydrogen) atoms. The number of nitrogen functional groups attached to an aromatic ring is 1. The number of nitrogens with one attached hydrogen (secondary N) is 3. The van der Waals surface area contributed by atoms with Crippen molar-refractivity contribution in [3.8, 4) is 0 Å². The second-order valence-electron chi connectivity index (χ2n) is 13.6. The van der Waals surface area contributed by atoms with Crippen LogP contribution in [-0.2, 0) is 62.0 Å². The zero-order valence-corrected chi connectivity index (χ0v) is 35.6. The highest BCUT2D eigenvalue weighted by Crippen LogP contribution is 2.61. The molecule has 1 saturated heterocycles. The van der Waals surface area contributed by atoms with E-state index in [0.29, 0.717) is 24.0 Å². The number of hydrogen-bond acceptors (Lipinski definition) is 20. The number of aliphatic hydroxyl groups is 2. The summed E-state index contributed by atoms with van der Waals surface area (Å²) in [6.45, 7) is 0.419.